The van der Waals surface area contributed by atoms with Gasteiger partial charge in [0.05, 0.1) is 21.1 Å². The zero-order valence-electron chi connectivity index (χ0n) is 20.6. The lowest BCUT2D eigenvalue weighted by Crippen LogP contribution is -2.58. The predicted molar refractivity (Wildman–Crippen MR) is 128 cm³/mol. The van der Waals surface area contributed by atoms with Crippen molar-refractivity contribution in [3.8, 4) is 0 Å². The second-order valence-electron chi connectivity index (χ2n) is 12.0. The summed E-state index contributed by atoms with van der Waals surface area (Å²) >= 11 is 0. The van der Waals surface area contributed by atoms with Crippen LogP contribution in [0.25, 0.3) is 0 Å². The van der Waals surface area contributed by atoms with E-state index in [-0.39, 0.29) is 48.5 Å². The van der Waals surface area contributed by atoms with E-state index in [9.17, 15) is 19.5 Å². The fourth-order valence-electron chi connectivity index (χ4n) is 7.37. The second-order valence-corrected chi connectivity index (χ2v) is 12.0. The molecule has 4 aliphatic carbocycles. The van der Waals surface area contributed by atoms with Gasteiger partial charge in [-0.05, 0) is 68.4 Å². The summed E-state index contributed by atoms with van der Waals surface area (Å²) in [5.41, 5.74) is -0.828. The van der Waals surface area contributed by atoms with E-state index in [1.807, 2.05) is 27.2 Å². The molecule has 0 radical (unpaired) electrons. The van der Waals surface area contributed by atoms with E-state index < -0.39 is 17.0 Å². The number of fused-ring (bicyclic) bond motifs is 5. The molecule has 3 saturated carbocycles. The molecule has 7 heteroatoms. The van der Waals surface area contributed by atoms with Crippen LogP contribution < -0.4 is 0 Å². The first-order chi connectivity index (χ1) is 14.8. The molecule has 4 rings (SSSR count). The first-order valence-electron chi connectivity index (χ1n) is 12.0. The van der Waals surface area contributed by atoms with Gasteiger partial charge in [0.25, 0.3) is 0 Å². The highest BCUT2D eigenvalue weighted by Crippen LogP contribution is 2.67. The van der Waals surface area contributed by atoms with E-state index in [0.29, 0.717) is 22.7 Å². The van der Waals surface area contributed by atoms with Crippen molar-refractivity contribution in [1.82, 2.24) is 0 Å². The standard InChI is InChI=1S/C26H38NO5.ClH/c1-24-11-8-18(28)14-17(24)6-7-19-20(24)9-12-25(2)21(19)10-13-26(25,31)22(29)16-32-23(30)15-27(3,4)5;/h8,11,14,19-21,31H,6-7,9-10,12-13,15-16H2,1-5H3;1H/q+1;/t19?,20?,21?,24?,25?,26-;/m0./s1. The first-order valence-corrected chi connectivity index (χ1v) is 12.0. The number of quaternary nitrogens is 1. The number of halogens is 1. The Hall–Kier alpha value is -1.50. The molecule has 0 heterocycles. The number of rotatable bonds is 5. The minimum atomic E-state index is -1.45. The molecule has 0 aromatic rings. The largest absolute Gasteiger partial charge is 0.453 e. The van der Waals surface area contributed by atoms with Crippen LogP contribution in [0.15, 0.2) is 23.8 Å². The van der Waals surface area contributed by atoms with Gasteiger partial charge in [0, 0.05) is 10.8 Å². The van der Waals surface area contributed by atoms with Gasteiger partial charge in [-0.2, -0.15) is 0 Å². The molecule has 6 atom stereocenters. The SMILES string of the molecule is CC12C=CC(=O)C=C1CCC1C2CCC2(C)C1CC[C@]2(O)C(=O)COC(=O)C[N+](C)(C)C.Cl. The average molecular weight is 481 g/mol. The highest BCUT2D eigenvalue weighted by atomic mass is 35.5. The number of esters is 1. The average Bonchev–Trinajstić information content (AvgIpc) is 2.97. The number of hydrogen-bond acceptors (Lipinski definition) is 5. The molecule has 0 saturated heterocycles. The summed E-state index contributed by atoms with van der Waals surface area (Å²) in [5, 5.41) is 11.7. The summed E-state index contributed by atoms with van der Waals surface area (Å²) in [6.45, 7) is 4.14. The third kappa shape index (κ3) is 4.23. The molecule has 184 valence electrons. The lowest BCUT2D eigenvalue weighted by molar-refractivity contribution is -0.862. The highest BCUT2D eigenvalue weighted by molar-refractivity contribution is 6.01. The van der Waals surface area contributed by atoms with Crippen LogP contribution in [0.5, 0.6) is 0 Å². The van der Waals surface area contributed by atoms with Gasteiger partial charge in [-0.25, -0.2) is 4.79 Å². The Morgan fingerprint density at radius 1 is 1.12 bits per heavy atom. The summed E-state index contributed by atoms with van der Waals surface area (Å²) in [7, 11) is 5.67. The van der Waals surface area contributed by atoms with Gasteiger partial charge in [-0.1, -0.05) is 25.5 Å². The summed E-state index contributed by atoms with van der Waals surface area (Å²) in [4.78, 5) is 37.2. The molecule has 0 spiro atoms. The van der Waals surface area contributed by atoms with Crippen molar-refractivity contribution in [2.24, 2.45) is 28.6 Å². The third-order valence-corrected chi connectivity index (χ3v) is 9.14. The van der Waals surface area contributed by atoms with Crippen LogP contribution in [0.3, 0.4) is 0 Å². The molecule has 4 aliphatic rings. The van der Waals surface area contributed by atoms with Gasteiger partial charge in [-0.3, -0.25) is 9.59 Å². The number of likely N-dealkylation sites (N-methyl/N-ethyl adjacent to an activating group) is 1. The van der Waals surface area contributed by atoms with E-state index in [1.54, 1.807) is 6.08 Å². The molecule has 0 aromatic heterocycles. The van der Waals surface area contributed by atoms with Crippen molar-refractivity contribution < 1.29 is 28.7 Å². The Kier molecular flexibility index (Phi) is 6.82. The number of nitrogens with zero attached hydrogens (tertiary/aromatic N) is 1. The number of hydrogen-bond donors (Lipinski definition) is 1. The van der Waals surface area contributed by atoms with E-state index in [4.69, 9.17) is 4.74 Å². The maximum Gasteiger partial charge on any atom is 0.362 e. The Morgan fingerprint density at radius 2 is 1.79 bits per heavy atom. The van der Waals surface area contributed by atoms with Crippen molar-refractivity contribution in [2.75, 3.05) is 34.3 Å². The number of allylic oxidation sites excluding steroid dienone is 4. The second kappa shape index (κ2) is 8.62. The molecule has 3 fully saturated rings. The van der Waals surface area contributed by atoms with Crippen LogP contribution in [-0.4, -0.2) is 67.0 Å². The summed E-state index contributed by atoms with van der Waals surface area (Å²) in [5.74, 6) is 0.386. The van der Waals surface area contributed by atoms with Crippen molar-refractivity contribution >= 4 is 29.9 Å². The Morgan fingerprint density at radius 3 is 2.45 bits per heavy atom. The third-order valence-electron chi connectivity index (χ3n) is 9.14. The van der Waals surface area contributed by atoms with Crippen molar-refractivity contribution in [3.63, 3.8) is 0 Å². The molecule has 1 N–H and O–H groups in total. The topological polar surface area (TPSA) is 80.7 Å². The summed E-state index contributed by atoms with van der Waals surface area (Å²) in [6.07, 6.45) is 10.4. The fraction of sp³-hybridized carbons (Fsp3) is 0.731. The van der Waals surface area contributed by atoms with E-state index in [2.05, 4.69) is 19.9 Å². The molecule has 0 aliphatic heterocycles. The number of carbonyl (C=O) groups excluding carboxylic acids is 3. The van der Waals surface area contributed by atoms with Gasteiger partial charge in [0.1, 0.15) is 5.60 Å². The zero-order chi connectivity index (χ0) is 23.5. The zero-order valence-corrected chi connectivity index (χ0v) is 21.4. The summed E-state index contributed by atoms with van der Waals surface area (Å²) < 4.78 is 5.70. The van der Waals surface area contributed by atoms with Crippen molar-refractivity contribution in [3.05, 3.63) is 23.8 Å². The Balaban J connectivity index is 0.00000306. The van der Waals surface area contributed by atoms with Crippen LogP contribution in [0.2, 0.25) is 0 Å². The smallest absolute Gasteiger partial charge is 0.362 e. The minimum absolute atomic E-state index is 0. The Labute approximate surface area is 203 Å². The molecule has 0 bridgehead atoms. The van der Waals surface area contributed by atoms with E-state index in [0.717, 1.165) is 32.1 Å². The number of Topliss-reactive ketones (excluding diaryl/α,β-unsaturated/α-hetero) is 1. The monoisotopic (exact) mass is 480 g/mol. The predicted octanol–water partition coefficient (Wildman–Crippen LogP) is 3.27. The quantitative estimate of drug-likeness (QED) is 0.482. The molecular weight excluding hydrogens is 442 g/mol. The molecule has 6 nitrogen and oxygen atoms in total. The van der Waals surface area contributed by atoms with Gasteiger partial charge in [-0.15, -0.1) is 12.4 Å². The number of ketones is 2. The number of carbonyl (C=O) groups is 3. The van der Waals surface area contributed by atoms with Crippen LogP contribution in [-0.2, 0) is 19.1 Å². The molecule has 33 heavy (non-hydrogen) atoms. The van der Waals surface area contributed by atoms with Gasteiger partial charge in [0.2, 0.25) is 5.78 Å². The summed E-state index contributed by atoms with van der Waals surface area (Å²) in [6, 6.07) is 0. The Bertz CT molecular complexity index is 905. The van der Waals surface area contributed by atoms with Gasteiger partial charge >= 0.3 is 5.97 Å². The number of ether oxygens (including phenoxy) is 1. The highest BCUT2D eigenvalue weighted by Gasteiger charge is 2.66. The van der Waals surface area contributed by atoms with E-state index >= 15 is 0 Å². The van der Waals surface area contributed by atoms with E-state index in [1.165, 1.54) is 5.57 Å². The fourth-order valence-corrected chi connectivity index (χ4v) is 7.37. The number of aliphatic hydroxyl groups is 1. The maximum absolute atomic E-state index is 13.2. The van der Waals surface area contributed by atoms with Gasteiger partial charge in [0.15, 0.2) is 18.9 Å². The lowest BCUT2D eigenvalue weighted by atomic mass is 9.47. The van der Waals surface area contributed by atoms with Crippen LogP contribution >= 0.6 is 12.4 Å². The molecule has 0 amide bonds. The first kappa shape index (κ1) is 26.1. The van der Waals surface area contributed by atoms with Gasteiger partial charge < -0.3 is 14.3 Å². The molecular formula is C26H39ClNO5+. The molecule has 0 aromatic carbocycles. The van der Waals surface area contributed by atoms with Crippen molar-refractivity contribution in [1.29, 1.82) is 0 Å². The maximum atomic E-state index is 13.2. The van der Waals surface area contributed by atoms with Crippen LogP contribution in [0, 0.1) is 28.6 Å². The minimum Gasteiger partial charge on any atom is -0.453 e. The van der Waals surface area contributed by atoms with Crippen molar-refractivity contribution in [2.45, 2.75) is 58.0 Å². The van der Waals surface area contributed by atoms with Crippen LogP contribution in [0.4, 0.5) is 0 Å². The molecule has 5 unspecified atom stereocenters. The normalized spacial score (nSPS) is 39.5. The lowest BCUT2D eigenvalue weighted by Gasteiger charge is -2.57. The van der Waals surface area contributed by atoms with Crippen LogP contribution in [0.1, 0.15) is 52.4 Å².